The first-order valence-electron chi connectivity index (χ1n) is 4.93. The number of rotatable bonds is 2. The van der Waals surface area contributed by atoms with Crippen molar-refractivity contribution < 1.29 is 8.42 Å². The van der Waals surface area contributed by atoms with Crippen LogP contribution >= 0.6 is 0 Å². The first-order valence-corrected chi connectivity index (χ1v) is 6.83. The lowest BCUT2D eigenvalue weighted by molar-refractivity contribution is 0.308. The molecule has 0 aliphatic carbocycles. The molecule has 0 aromatic carbocycles. The number of likely N-dealkylation sites (tertiary alicyclic amines) is 1. The highest BCUT2D eigenvalue weighted by Crippen LogP contribution is 2.32. The molecule has 0 saturated carbocycles. The minimum Gasteiger partial charge on any atom is -0.298 e. The van der Waals surface area contributed by atoms with Crippen molar-refractivity contribution in [1.29, 1.82) is 0 Å². The molecule has 1 aliphatic rings. The van der Waals surface area contributed by atoms with Crippen LogP contribution in [-0.2, 0) is 9.84 Å². The van der Waals surface area contributed by atoms with Gasteiger partial charge < -0.3 is 0 Å². The molecule has 15 heavy (non-hydrogen) atoms. The molecule has 0 unspecified atom stereocenters. The van der Waals surface area contributed by atoms with E-state index in [0.717, 1.165) is 25.1 Å². The van der Waals surface area contributed by atoms with Gasteiger partial charge in [0.25, 0.3) is 0 Å². The number of aromatic amines is 1. The molecule has 1 aliphatic heterocycles. The van der Waals surface area contributed by atoms with E-state index in [2.05, 4.69) is 15.1 Å². The zero-order valence-corrected chi connectivity index (χ0v) is 9.71. The predicted octanol–water partition coefficient (Wildman–Crippen LogP) is 0.580. The van der Waals surface area contributed by atoms with Crippen LogP contribution in [0.15, 0.2) is 11.1 Å². The Labute approximate surface area is 89.4 Å². The van der Waals surface area contributed by atoms with Crippen molar-refractivity contribution in [3.05, 3.63) is 11.9 Å². The topological polar surface area (TPSA) is 66.1 Å². The maximum atomic E-state index is 11.5. The highest BCUT2D eigenvalue weighted by molar-refractivity contribution is 7.90. The van der Waals surface area contributed by atoms with Crippen molar-refractivity contribution in [1.82, 2.24) is 15.1 Å². The molecule has 1 saturated heterocycles. The maximum Gasteiger partial charge on any atom is 0.178 e. The van der Waals surface area contributed by atoms with Crippen LogP contribution in [0.3, 0.4) is 0 Å². The van der Waals surface area contributed by atoms with E-state index >= 15 is 0 Å². The van der Waals surface area contributed by atoms with Crippen LogP contribution < -0.4 is 0 Å². The summed E-state index contributed by atoms with van der Waals surface area (Å²) in [5.41, 5.74) is 0.734. The fraction of sp³-hybridized carbons (Fsp3) is 0.667. The number of nitrogens with one attached hydrogen (secondary N) is 1. The first kappa shape index (κ1) is 10.6. The fourth-order valence-corrected chi connectivity index (χ4v) is 2.92. The van der Waals surface area contributed by atoms with Crippen LogP contribution in [-0.4, -0.2) is 43.4 Å². The smallest absolute Gasteiger partial charge is 0.178 e. The van der Waals surface area contributed by atoms with Crippen LogP contribution in [0.2, 0.25) is 0 Å². The lowest BCUT2D eigenvalue weighted by atomic mass is 10.1. The first-order chi connectivity index (χ1) is 7.00. The van der Waals surface area contributed by atoms with Gasteiger partial charge in [-0.3, -0.25) is 10.00 Å². The number of H-pyrrole nitrogens is 1. The van der Waals surface area contributed by atoms with Gasteiger partial charge in [-0.05, 0) is 26.4 Å². The van der Waals surface area contributed by atoms with E-state index in [4.69, 9.17) is 0 Å². The van der Waals surface area contributed by atoms with E-state index in [0.29, 0.717) is 4.90 Å². The van der Waals surface area contributed by atoms with E-state index < -0.39 is 9.84 Å². The Morgan fingerprint density at radius 2 is 2.33 bits per heavy atom. The van der Waals surface area contributed by atoms with Crippen molar-refractivity contribution >= 4 is 9.84 Å². The van der Waals surface area contributed by atoms with Gasteiger partial charge >= 0.3 is 0 Å². The molecule has 0 spiro atoms. The Bertz CT molecular complexity index is 452. The molecule has 0 amide bonds. The molecule has 2 rings (SSSR count). The average Bonchev–Trinajstić information content (AvgIpc) is 2.69. The van der Waals surface area contributed by atoms with Crippen LogP contribution in [0.5, 0.6) is 0 Å². The Balaban J connectivity index is 2.41. The molecule has 1 fully saturated rings. The van der Waals surface area contributed by atoms with Crippen molar-refractivity contribution in [2.75, 3.05) is 19.8 Å². The number of hydrogen-bond acceptors (Lipinski definition) is 4. The summed E-state index contributed by atoms with van der Waals surface area (Å²) in [6.45, 7) is 1.01. The second kappa shape index (κ2) is 3.61. The molecule has 6 heteroatoms. The number of nitrogens with zero attached hydrogens (tertiary/aromatic N) is 2. The molecule has 1 aromatic rings. The third-order valence-electron chi connectivity index (χ3n) is 2.89. The standard InChI is InChI=1S/C9H15N3O2S/c1-12-5-3-4-7(12)9-8(6-10-11-9)15(2,13)14/h6-7H,3-5H2,1-2H3,(H,10,11)/t7-/m0/s1. The molecule has 5 nitrogen and oxygen atoms in total. The SMILES string of the molecule is CN1CCC[C@H]1c1[nH]ncc1S(C)(=O)=O. The molecule has 1 aromatic heterocycles. The van der Waals surface area contributed by atoms with Crippen molar-refractivity contribution in [2.45, 2.75) is 23.8 Å². The maximum absolute atomic E-state index is 11.5. The molecule has 1 N–H and O–H groups in total. The largest absolute Gasteiger partial charge is 0.298 e. The zero-order valence-electron chi connectivity index (χ0n) is 8.90. The molecule has 0 bridgehead atoms. The summed E-state index contributed by atoms with van der Waals surface area (Å²) < 4.78 is 23.0. The number of hydrogen-bond donors (Lipinski definition) is 1. The zero-order chi connectivity index (χ0) is 11.1. The van der Waals surface area contributed by atoms with Crippen LogP contribution in [0, 0.1) is 0 Å². The summed E-state index contributed by atoms with van der Waals surface area (Å²) in [4.78, 5) is 2.49. The Hall–Kier alpha value is -0.880. The van der Waals surface area contributed by atoms with Gasteiger partial charge in [0.1, 0.15) is 4.90 Å². The number of aromatic nitrogens is 2. The Morgan fingerprint density at radius 1 is 1.60 bits per heavy atom. The molecule has 0 radical (unpaired) electrons. The lowest BCUT2D eigenvalue weighted by Crippen LogP contribution is -2.19. The summed E-state index contributed by atoms with van der Waals surface area (Å²) in [7, 11) is -1.17. The summed E-state index contributed by atoms with van der Waals surface area (Å²) in [6, 6.07) is 0.164. The third-order valence-corrected chi connectivity index (χ3v) is 4.01. The van der Waals surface area contributed by atoms with Gasteiger partial charge in [-0.15, -0.1) is 0 Å². The summed E-state index contributed by atoms with van der Waals surface area (Å²) in [6.07, 6.45) is 4.71. The molecule has 84 valence electrons. The van der Waals surface area contributed by atoms with Crippen LogP contribution in [0.4, 0.5) is 0 Å². The predicted molar refractivity (Wildman–Crippen MR) is 56.3 cm³/mol. The minimum atomic E-state index is -3.17. The van der Waals surface area contributed by atoms with E-state index in [9.17, 15) is 8.42 Å². The van der Waals surface area contributed by atoms with Gasteiger partial charge in [0.2, 0.25) is 0 Å². The highest BCUT2D eigenvalue weighted by Gasteiger charge is 2.29. The quantitative estimate of drug-likeness (QED) is 0.805. The average molecular weight is 229 g/mol. The second-order valence-electron chi connectivity index (χ2n) is 4.06. The summed E-state index contributed by atoms with van der Waals surface area (Å²) in [5, 5.41) is 6.65. The van der Waals surface area contributed by atoms with E-state index in [1.807, 2.05) is 7.05 Å². The van der Waals surface area contributed by atoms with Gasteiger partial charge in [-0.2, -0.15) is 5.10 Å². The van der Waals surface area contributed by atoms with Gasteiger partial charge in [0.15, 0.2) is 9.84 Å². The highest BCUT2D eigenvalue weighted by atomic mass is 32.2. The lowest BCUT2D eigenvalue weighted by Gasteiger charge is -2.18. The fourth-order valence-electron chi connectivity index (χ4n) is 2.09. The Kier molecular flexibility index (Phi) is 2.56. The normalized spacial score (nSPS) is 23.5. The van der Waals surface area contributed by atoms with Gasteiger partial charge in [-0.1, -0.05) is 0 Å². The molecule has 2 heterocycles. The second-order valence-corrected chi connectivity index (χ2v) is 6.04. The van der Waals surface area contributed by atoms with E-state index in [-0.39, 0.29) is 6.04 Å². The van der Waals surface area contributed by atoms with Crippen molar-refractivity contribution in [2.24, 2.45) is 0 Å². The number of sulfone groups is 1. The van der Waals surface area contributed by atoms with Gasteiger partial charge in [0, 0.05) is 6.26 Å². The van der Waals surface area contributed by atoms with Gasteiger partial charge in [-0.25, -0.2) is 8.42 Å². The van der Waals surface area contributed by atoms with Crippen molar-refractivity contribution in [3.8, 4) is 0 Å². The third kappa shape index (κ3) is 1.91. The summed E-state index contributed by atoms with van der Waals surface area (Å²) in [5.74, 6) is 0. The molecule has 1 atom stereocenters. The monoisotopic (exact) mass is 229 g/mol. The van der Waals surface area contributed by atoms with Gasteiger partial charge in [0.05, 0.1) is 17.9 Å². The summed E-state index contributed by atoms with van der Waals surface area (Å²) >= 11 is 0. The Morgan fingerprint density at radius 3 is 2.87 bits per heavy atom. The van der Waals surface area contributed by atoms with Crippen LogP contribution in [0.1, 0.15) is 24.6 Å². The van der Waals surface area contributed by atoms with Crippen molar-refractivity contribution in [3.63, 3.8) is 0 Å². The molecular weight excluding hydrogens is 214 g/mol. The van der Waals surface area contributed by atoms with Crippen LogP contribution in [0.25, 0.3) is 0 Å². The molecular formula is C9H15N3O2S. The van der Waals surface area contributed by atoms with E-state index in [1.54, 1.807) is 0 Å². The van der Waals surface area contributed by atoms with E-state index in [1.165, 1.54) is 12.5 Å². The minimum absolute atomic E-state index is 0.164.